The molecule has 1 rings (SSSR count). The predicted octanol–water partition coefficient (Wildman–Crippen LogP) is 1.98. The summed E-state index contributed by atoms with van der Waals surface area (Å²) in [5.41, 5.74) is 1.11. The van der Waals surface area contributed by atoms with E-state index in [0.717, 1.165) is 24.2 Å². The van der Waals surface area contributed by atoms with Crippen molar-refractivity contribution in [1.29, 1.82) is 0 Å². The predicted molar refractivity (Wildman–Crippen MR) is 59.0 cm³/mol. The van der Waals surface area contributed by atoms with Crippen LogP contribution in [0.2, 0.25) is 0 Å². The number of methoxy groups -OCH3 is 1. The zero-order valence-electron chi connectivity index (χ0n) is 9.11. The van der Waals surface area contributed by atoms with Gasteiger partial charge in [0.15, 0.2) is 0 Å². The second kappa shape index (κ2) is 7.26. The Hall–Kier alpha value is -1.06. The number of hydrogen-bond donors (Lipinski definition) is 1. The standard InChI is InChI=1S/C12H18O3/c1-14-12-6-4-5-11(9-12)10-15-8-3-2-7-13/h4-6,9,13H,2-3,7-8,10H2,1H3. The third-order valence-electron chi connectivity index (χ3n) is 2.10. The van der Waals surface area contributed by atoms with Gasteiger partial charge in [-0.25, -0.2) is 0 Å². The SMILES string of the molecule is COc1cccc(COCCCCO)c1. The largest absolute Gasteiger partial charge is 0.497 e. The van der Waals surface area contributed by atoms with Gasteiger partial charge in [-0.05, 0) is 30.5 Å². The quantitative estimate of drug-likeness (QED) is 0.699. The number of aliphatic hydroxyl groups excluding tert-OH is 1. The molecule has 0 saturated carbocycles. The molecule has 15 heavy (non-hydrogen) atoms. The maximum Gasteiger partial charge on any atom is 0.119 e. The number of benzene rings is 1. The van der Waals surface area contributed by atoms with Crippen LogP contribution in [0.4, 0.5) is 0 Å². The molecule has 0 aromatic heterocycles. The first-order valence-electron chi connectivity index (χ1n) is 5.18. The number of ether oxygens (including phenoxy) is 2. The topological polar surface area (TPSA) is 38.7 Å². The van der Waals surface area contributed by atoms with Crippen LogP contribution in [0.1, 0.15) is 18.4 Å². The zero-order chi connectivity index (χ0) is 10.9. The van der Waals surface area contributed by atoms with Crippen molar-refractivity contribution >= 4 is 0 Å². The van der Waals surface area contributed by atoms with Crippen molar-refractivity contribution in [3.63, 3.8) is 0 Å². The Balaban J connectivity index is 2.24. The Morgan fingerprint density at radius 2 is 2.13 bits per heavy atom. The van der Waals surface area contributed by atoms with E-state index in [-0.39, 0.29) is 6.61 Å². The van der Waals surface area contributed by atoms with E-state index in [0.29, 0.717) is 13.2 Å². The van der Waals surface area contributed by atoms with Gasteiger partial charge in [-0.3, -0.25) is 0 Å². The van der Waals surface area contributed by atoms with E-state index in [1.807, 2.05) is 24.3 Å². The third-order valence-corrected chi connectivity index (χ3v) is 2.10. The fourth-order valence-corrected chi connectivity index (χ4v) is 1.27. The highest BCUT2D eigenvalue weighted by Gasteiger charge is 1.95. The third kappa shape index (κ3) is 4.81. The van der Waals surface area contributed by atoms with Crippen LogP contribution in [0.25, 0.3) is 0 Å². The van der Waals surface area contributed by atoms with Gasteiger partial charge in [0.25, 0.3) is 0 Å². The molecule has 0 saturated heterocycles. The molecule has 1 aromatic carbocycles. The summed E-state index contributed by atoms with van der Waals surface area (Å²) in [6.45, 7) is 1.53. The van der Waals surface area contributed by atoms with Gasteiger partial charge in [-0.2, -0.15) is 0 Å². The molecule has 0 heterocycles. The first kappa shape index (κ1) is 12.0. The van der Waals surface area contributed by atoms with E-state index in [1.54, 1.807) is 7.11 Å². The van der Waals surface area contributed by atoms with Crippen molar-refractivity contribution in [3.05, 3.63) is 29.8 Å². The normalized spacial score (nSPS) is 10.3. The first-order valence-corrected chi connectivity index (χ1v) is 5.18. The van der Waals surface area contributed by atoms with E-state index < -0.39 is 0 Å². The van der Waals surface area contributed by atoms with Crippen LogP contribution in [0.3, 0.4) is 0 Å². The van der Waals surface area contributed by atoms with E-state index >= 15 is 0 Å². The van der Waals surface area contributed by atoms with Crippen molar-refractivity contribution in [2.75, 3.05) is 20.3 Å². The summed E-state index contributed by atoms with van der Waals surface area (Å²) in [4.78, 5) is 0. The monoisotopic (exact) mass is 210 g/mol. The second-order valence-corrected chi connectivity index (χ2v) is 3.33. The lowest BCUT2D eigenvalue weighted by Gasteiger charge is -2.05. The average Bonchev–Trinajstić information content (AvgIpc) is 2.29. The van der Waals surface area contributed by atoms with Gasteiger partial charge in [-0.1, -0.05) is 12.1 Å². The van der Waals surface area contributed by atoms with Crippen molar-refractivity contribution < 1.29 is 14.6 Å². The number of rotatable bonds is 7. The molecule has 0 atom stereocenters. The maximum absolute atomic E-state index is 8.58. The molecular weight excluding hydrogens is 192 g/mol. The summed E-state index contributed by atoms with van der Waals surface area (Å²) >= 11 is 0. The number of unbranched alkanes of at least 4 members (excludes halogenated alkanes) is 1. The van der Waals surface area contributed by atoms with Gasteiger partial charge in [0.1, 0.15) is 5.75 Å². The Bertz CT molecular complexity index is 273. The smallest absolute Gasteiger partial charge is 0.119 e. The van der Waals surface area contributed by atoms with Crippen LogP contribution in [-0.4, -0.2) is 25.4 Å². The van der Waals surface area contributed by atoms with Gasteiger partial charge in [0, 0.05) is 13.2 Å². The van der Waals surface area contributed by atoms with Crippen LogP contribution in [0.5, 0.6) is 5.75 Å². The van der Waals surface area contributed by atoms with Crippen LogP contribution < -0.4 is 4.74 Å². The van der Waals surface area contributed by atoms with Crippen LogP contribution in [0, 0.1) is 0 Å². The highest BCUT2D eigenvalue weighted by atomic mass is 16.5. The average molecular weight is 210 g/mol. The van der Waals surface area contributed by atoms with Crippen molar-refractivity contribution in [1.82, 2.24) is 0 Å². The highest BCUT2D eigenvalue weighted by molar-refractivity contribution is 5.27. The molecule has 0 radical (unpaired) electrons. The number of hydrogen-bond acceptors (Lipinski definition) is 3. The minimum absolute atomic E-state index is 0.239. The molecule has 3 heteroatoms. The lowest BCUT2D eigenvalue weighted by molar-refractivity contribution is 0.112. The highest BCUT2D eigenvalue weighted by Crippen LogP contribution is 2.13. The molecule has 0 fully saturated rings. The first-order chi connectivity index (χ1) is 7.36. The lowest BCUT2D eigenvalue weighted by atomic mass is 10.2. The molecule has 0 unspecified atom stereocenters. The van der Waals surface area contributed by atoms with Crippen LogP contribution in [0.15, 0.2) is 24.3 Å². The van der Waals surface area contributed by atoms with E-state index in [2.05, 4.69) is 0 Å². The molecule has 0 bridgehead atoms. The Morgan fingerprint density at radius 3 is 2.87 bits per heavy atom. The molecule has 1 aromatic rings. The van der Waals surface area contributed by atoms with E-state index in [4.69, 9.17) is 14.6 Å². The minimum Gasteiger partial charge on any atom is -0.497 e. The Labute approximate surface area is 90.6 Å². The molecular formula is C12H18O3. The molecule has 1 N–H and O–H groups in total. The summed E-state index contributed by atoms with van der Waals surface area (Å²) in [6, 6.07) is 7.83. The van der Waals surface area contributed by atoms with Crippen LogP contribution >= 0.6 is 0 Å². The Kier molecular flexibility index (Phi) is 5.81. The molecule has 84 valence electrons. The van der Waals surface area contributed by atoms with Gasteiger partial charge >= 0.3 is 0 Å². The molecule has 0 aliphatic rings. The van der Waals surface area contributed by atoms with Crippen molar-refractivity contribution in [2.24, 2.45) is 0 Å². The van der Waals surface area contributed by atoms with Gasteiger partial charge in [0.05, 0.1) is 13.7 Å². The summed E-state index contributed by atoms with van der Waals surface area (Å²) in [7, 11) is 1.65. The van der Waals surface area contributed by atoms with Gasteiger partial charge in [0.2, 0.25) is 0 Å². The fourth-order valence-electron chi connectivity index (χ4n) is 1.27. The minimum atomic E-state index is 0.239. The maximum atomic E-state index is 8.58. The molecule has 3 nitrogen and oxygen atoms in total. The van der Waals surface area contributed by atoms with E-state index in [1.165, 1.54) is 0 Å². The summed E-state index contributed by atoms with van der Waals surface area (Å²) in [6.07, 6.45) is 1.71. The summed E-state index contributed by atoms with van der Waals surface area (Å²) < 4.78 is 10.6. The zero-order valence-corrected chi connectivity index (χ0v) is 9.11. The van der Waals surface area contributed by atoms with Gasteiger partial charge in [-0.15, -0.1) is 0 Å². The number of aliphatic hydroxyl groups is 1. The molecule has 0 aliphatic heterocycles. The lowest BCUT2D eigenvalue weighted by Crippen LogP contribution is -1.97. The van der Waals surface area contributed by atoms with Crippen molar-refractivity contribution in [3.8, 4) is 5.75 Å². The van der Waals surface area contributed by atoms with Crippen LogP contribution in [-0.2, 0) is 11.3 Å². The van der Waals surface area contributed by atoms with E-state index in [9.17, 15) is 0 Å². The van der Waals surface area contributed by atoms with Gasteiger partial charge < -0.3 is 14.6 Å². The second-order valence-electron chi connectivity index (χ2n) is 3.33. The molecule has 0 amide bonds. The molecule has 0 spiro atoms. The van der Waals surface area contributed by atoms with Crippen molar-refractivity contribution in [2.45, 2.75) is 19.4 Å². The fraction of sp³-hybridized carbons (Fsp3) is 0.500. The summed E-state index contributed by atoms with van der Waals surface area (Å²) in [5.74, 6) is 0.853. The summed E-state index contributed by atoms with van der Waals surface area (Å²) in [5, 5.41) is 8.58. The molecule has 0 aliphatic carbocycles. The Morgan fingerprint density at radius 1 is 1.27 bits per heavy atom.